The smallest absolute Gasteiger partial charge is 0.283 e. The molecule has 2 amide bonds. The van der Waals surface area contributed by atoms with Gasteiger partial charge in [-0.25, -0.2) is 9.38 Å². The number of anilines is 1. The molecule has 0 atom stereocenters. The van der Waals surface area contributed by atoms with Crippen molar-refractivity contribution in [1.29, 1.82) is 0 Å². The molecule has 0 radical (unpaired) electrons. The Kier molecular flexibility index (Phi) is 7.32. The number of benzene rings is 3. The van der Waals surface area contributed by atoms with Crippen LogP contribution in [0.1, 0.15) is 11.1 Å². The van der Waals surface area contributed by atoms with Gasteiger partial charge in [0.15, 0.2) is 5.17 Å². The van der Waals surface area contributed by atoms with Gasteiger partial charge in [-0.2, -0.15) is 0 Å². The molecule has 0 fully saturated rings. The second-order valence-electron chi connectivity index (χ2n) is 7.33. The molecule has 33 heavy (non-hydrogen) atoms. The van der Waals surface area contributed by atoms with Crippen LogP contribution in [0.2, 0.25) is 0 Å². The summed E-state index contributed by atoms with van der Waals surface area (Å²) in [7, 11) is 0. The fraction of sp³-hybridized carbons (Fsp3) is 0.115. The lowest BCUT2D eigenvalue weighted by molar-refractivity contribution is -0.118. The zero-order valence-electron chi connectivity index (χ0n) is 17.8. The van der Waals surface area contributed by atoms with Gasteiger partial charge in [0.2, 0.25) is 5.91 Å². The predicted molar refractivity (Wildman–Crippen MR) is 131 cm³/mol. The number of nitrogens with zero attached hydrogens (tertiary/aromatic N) is 2. The summed E-state index contributed by atoms with van der Waals surface area (Å²) in [4.78, 5) is 31.4. The van der Waals surface area contributed by atoms with Gasteiger partial charge in [-0.1, -0.05) is 72.4 Å². The normalized spacial score (nSPS) is 14.5. The first-order valence-corrected chi connectivity index (χ1v) is 11.5. The van der Waals surface area contributed by atoms with Gasteiger partial charge in [-0.3, -0.25) is 14.5 Å². The van der Waals surface area contributed by atoms with Crippen molar-refractivity contribution < 1.29 is 14.0 Å². The van der Waals surface area contributed by atoms with Crippen LogP contribution in [-0.2, 0) is 16.0 Å². The Morgan fingerprint density at radius 3 is 2.33 bits per heavy atom. The summed E-state index contributed by atoms with van der Waals surface area (Å²) < 4.78 is 13.4. The average Bonchev–Trinajstić information content (AvgIpc) is 3.14. The maximum absolute atomic E-state index is 13.4. The summed E-state index contributed by atoms with van der Waals surface area (Å²) in [6, 6.07) is 24.9. The molecule has 1 N–H and O–H groups in total. The van der Waals surface area contributed by atoms with Crippen molar-refractivity contribution in [2.75, 3.05) is 17.2 Å². The largest absolute Gasteiger partial charge is 0.355 e. The molecule has 1 aliphatic rings. The number of amides is 2. The van der Waals surface area contributed by atoms with Gasteiger partial charge >= 0.3 is 0 Å². The number of thioether (sulfide) groups is 1. The number of rotatable bonds is 7. The van der Waals surface area contributed by atoms with Crippen LogP contribution >= 0.6 is 11.8 Å². The lowest BCUT2D eigenvalue weighted by Gasteiger charge is -2.17. The Balaban J connectivity index is 1.45. The van der Waals surface area contributed by atoms with Crippen molar-refractivity contribution in [3.05, 3.63) is 108 Å². The molecule has 5 nitrogen and oxygen atoms in total. The molecule has 0 unspecified atom stereocenters. The van der Waals surface area contributed by atoms with Crippen molar-refractivity contribution in [2.24, 2.45) is 4.99 Å². The topological polar surface area (TPSA) is 61.8 Å². The van der Waals surface area contributed by atoms with E-state index in [1.165, 1.54) is 40.9 Å². The Hall–Kier alpha value is -3.71. The van der Waals surface area contributed by atoms with Gasteiger partial charge < -0.3 is 5.32 Å². The van der Waals surface area contributed by atoms with E-state index in [4.69, 9.17) is 0 Å². The summed E-state index contributed by atoms with van der Waals surface area (Å²) >= 11 is 1.17. The van der Waals surface area contributed by atoms with Crippen LogP contribution in [0.15, 0.2) is 95.6 Å². The van der Waals surface area contributed by atoms with Crippen LogP contribution in [0.5, 0.6) is 0 Å². The summed E-state index contributed by atoms with van der Waals surface area (Å²) in [6.07, 6.45) is 2.44. The minimum atomic E-state index is -0.394. The Morgan fingerprint density at radius 2 is 1.64 bits per heavy atom. The van der Waals surface area contributed by atoms with Gasteiger partial charge in [0.1, 0.15) is 11.5 Å². The molecule has 4 rings (SSSR count). The number of halogens is 1. The highest BCUT2D eigenvalue weighted by Crippen LogP contribution is 2.29. The van der Waals surface area contributed by atoms with Crippen LogP contribution in [0, 0.1) is 5.82 Å². The highest BCUT2D eigenvalue weighted by atomic mass is 32.2. The van der Waals surface area contributed by atoms with Gasteiger partial charge in [0, 0.05) is 6.54 Å². The van der Waals surface area contributed by atoms with Crippen molar-refractivity contribution in [3.63, 3.8) is 0 Å². The molecule has 3 aromatic rings. The minimum Gasteiger partial charge on any atom is -0.355 e. The number of carbonyl (C=O) groups is 2. The molecule has 0 aliphatic carbocycles. The third-order valence-electron chi connectivity index (χ3n) is 4.93. The third-order valence-corrected chi connectivity index (χ3v) is 5.87. The Labute approximate surface area is 196 Å². The lowest BCUT2D eigenvalue weighted by Crippen LogP contribution is -2.32. The maximum atomic E-state index is 13.4. The monoisotopic (exact) mass is 459 g/mol. The fourth-order valence-electron chi connectivity index (χ4n) is 3.29. The van der Waals surface area contributed by atoms with Crippen LogP contribution in [0.4, 0.5) is 10.1 Å². The molecular weight excluding hydrogens is 437 g/mol. The SMILES string of the molecule is O=C(CSC1=NC(=Cc2ccccc2)C(=O)N1c1ccc(F)cc1)NCCc1ccccc1. The van der Waals surface area contributed by atoms with E-state index in [1.807, 2.05) is 60.7 Å². The van der Waals surface area contributed by atoms with Crippen molar-refractivity contribution in [2.45, 2.75) is 6.42 Å². The second kappa shape index (κ2) is 10.7. The standard InChI is InChI=1S/C26H22FN3O2S/c27-21-11-13-22(14-12-21)30-25(32)23(17-20-9-5-2-6-10-20)29-26(30)33-18-24(31)28-16-15-19-7-3-1-4-8-19/h1-14,17H,15-16,18H2,(H,28,31). The van der Waals surface area contributed by atoms with E-state index in [0.717, 1.165) is 17.5 Å². The summed E-state index contributed by atoms with van der Waals surface area (Å²) in [6.45, 7) is 0.523. The summed E-state index contributed by atoms with van der Waals surface area (Å²) in [5.41, 5.74) is 2.74. The first-order valence-electron chi connectivity index (χ1n) is 10.5. The number of hydrogen-bond acceptors (Lipinski definition) is 4. The number of hydrogen-bond donors (Lipinski definition) is 1. The first-order chi connectivity index (χ1) is 16.1. The van der Waals surface area contributed by atoms with Crippen molar-refractivity contribution in [3.8, 4) is 0 Å². The number of aliphatic imine (C=N–C) groups is 1. The summed E-state index contributed by atoms with van der Waals surface area (Å²) in [5.74, 6) is -0.755. The highest BCUT2D eigenvalue weighted by molar-refractivity contribution is 8.14. The minimum absolute atomic E-state index is 0.108. The van der Waals surface area contributed by atoms with Crippen LogP contribution in [0.25, 0.3) is 6.08 Å². The van der Waals surface area contributed by atoms with E-state index >= 15 is 0 Å². The lowest BCUT2D eigenvalue weighted by atomic mass is 10.1. The molecule has 0 bridgehead atoms. The quantitative estimate of drug-likeness (QED) is 0.523. The van der Waals surface area contributed by atoms with Gasteiger partial charge in [-0.05, 0) is 47.9 Å². The van der Waals surface area contributed by atoms with E-state index in [0.29, 0.717) is 17.4 Å². The number of nitrogens with one attached hydrogen (secondary N) is 1. The van der Waals surface area contributed by atoms with Gasteiger partial charge in [0.25, 0.3) is 5.91 Å². The third kappa shape index (κ3) is 5.96. The second-order valence-corrected chi connectivity index (χ2v) is 8.27. The zero-order valence-corrected chi connectivity index (χ0v) is 18.6. The maximum Gasteiger partial charge on any atom is 0.283 e. The molecule has 1 aliphatic heterocycles. The molecule has 3 aromatic carbocycles. The fourth-order valence-corrected chi connectivity index (χ4v) is 4.13. The molecule has 7 heteroatoms. The Morgan fingerprint density at radius 1 is 0.970 bits per heavy atom. The molecule has 166 valence electrons. The molecule has 1 heterocycles. The van der Waals surface area contributed by atoms with Gasteiger partial charge in [0.05, 0.1) is 11.4 Å². The highest BCUT2D eigenvalue weighted by Gasteiger charge is 2.32. The van der Waals surface area contributed by atoms with Crippen LogP contribution < -0.4 is 10.2 Å². The first kappa shape index (κ1) is 22.5. The van der Waals surface area contributed by atoms with Gasteiger partial charge in [-0.15, -0.1) is 0 Å². The molecule has 0 aromatic heterocycles. The number of carbonyl (C=O) groups excluding carboxylic acids is 2. The Bertz CT molecular complexity index is 1180. The van der Waals surface area contributed by atoms with Crippen LogP contribution in [-0.4, -0.2) is 29.3 Å². The average molecular weight is 460 g/mol. The van der Waals surface area contributed by atoms with E-state index < -0.39 is 5.82 Å². The molecule has 0 saturated carbocycles. The summed E-state index contributed by atoms with van der Waals surface area (Å²) in [5, 5.41) is 3.28. The van der Waals surface area contributed by atoms with E-state index in [1.54, 1.807) is 6.08 Å². The van der Waals surface area contributed by atoms with E-state index in [-0.39, 0.29) is 23.3 Å². The number of amidine groups is 1. The van der Waals surface area contributed by atoms with E-state index in [9.17, 15) is 14.0 Å². The predicted octanol–water partition coefficient (Wildman–Crippen LogP) is 4.66. The molecular formula is C26H22FN3O2S. The van der Waals surface area contributed by atoms with E-state index in [2.05, 4.69) is 10.3 Å². The van der Waals surface area contributed by atoms with Crippen molar-refractivity contribution in [1.82, 2.24) is 5.32 Å². The van der Waals surface area contributed by atoms with Crippen LogP contribution in [0.3, 0.4) is 0 Å². The molecule has 0 spiro atoms. The zero-order chi connectivity index (χ0) is 23.0. The molecule has 0 saturated heterocycles. The van der Waals surface area contributed by atoms with Crippen molar-refractivity contribution >= 4 is 40.5 Å².